The molecule has 1 saturated carbocycles. The van der Waals surface area contributed by atoms with Crippen molar-refractivity contribution in [2.24, 2.45) is 0 Å². The zero-order valence-electron chi connectivity index (χ0n) is 18.6. The standard InChI is InChI=1S/C25H25FN4O4/c1-27-20-12-16(6-10-28-20)22-23(15-2-4-17(26)5-3-15)30(24(29-22)25(33)8-9-25)11-7-19-13-18(31)14-21(32)34-19/h2-7,10-12,18-19,31,33H,8-9,13-14H2,1H3,(H,27,28)/b11-7+/t18-,19-/m1/s1. The van der Waals surface area contributed by atoms with Crippen LogP contribution in [-0.2, 0) is 15.1 Å². The molecule has 3 heterocycles. The van der Waals surface area contributed by atoms with Crippen molar-refractivity contribution in [1.82, 2.24) is 14.5 Å². The summed E-state index contributed by atoms with van der Waals surface area (Å²) in [6, 6.07) is 9.73. The third-order valence-electron chi connectivity index (χ3n) is 6.10. The van der Waals surface area contributed by atoms with Crippen molar-refractivity contribution in [3.63, 3.8) is 0 Å². The predicted octanol–water partition coefficient (Wildman–Crippen LogP) is 3.31. The molecule has 2 atom stereocenters. The number of pyridine rings is 1. The van der Waals surface area contributed by atoms with E-state index in [9.17, 15) is 19.4 Å². The average Bonchev–Trinajstić information content (AvgIpc) is 3.44. The van der Waals surface area contributed by atoms with E-state index in [1.807, 2.05) is 12.1 Å². The number of carbonyl (C=O) groups is 1. The van der Waals surface area contributed by atoms with E-state index >= 15 is 0 Å². The minimum absolute atomic E-state index is 0.0266. The van der Waals surface area contributed by atoms with Crippen LogP contribution in [0.25, 0.3) is 28.7 Å². The molecule has 0 spiro atoms. The highest BCUT2D eigenvalue weighted by Crippen LogP contribution is 2.48. The molecule has 5 rings (SSSR count). The molecule has 1 aliphatic heterocycles. The van der Waals surface area contributed by atoms with Crippen LogP contribution >= 0.6 is 0 Å². The molecule has 0 unspecified atom stereocenters. The van der Waals surface area contributed by atoms with Crippen LogP contribution in [0.3, 0.4) is 0 Å². The maximum Gasteiger partial charge on any atom is 0.309 e. The van der Waals surface area contributed by atoms with Gasteiger partial charge in [-0.25, -0.2) is 14.4 Å². The first-order valence-corrected chi connectivity index (χ1v) is 11.2. The van der Waals surface area contributed by atoms with E-state index in [-0.39, 0.29) is 18.7 Å². The van der Waals surface area contributed by atoms with E-state index < -0.39 is 23.8 Å². The maximum atomic E-state index is 13.7. The largest absolute Gasteiger partial charge is 0.458 e. The molecule has 8 nitrogen and oxygen atoms in total. The lowest BCUT2D eigenvalue weighted by atomic mass is 10.0. The number of hydrogen-bond acceptors (Lipinski definition) is 7. The number of benzene rings is 1. The Morgan fingerprint density at radius 3 is 2.68 bits per heavy atom. The highest BCUT2D eigenvalue weighted by molar-refractivity contribution is 5.82. The normalized spacial score (nSPS) is 21.5. The summed E-state index contributed by atoms with van der Waals surface area (Å²) in [6.07, 6.45) is 5.06. The number of rotatable bonds is 6. The first-order valence-electron chi connectivity index (χ1n) is 11.2. The Balaban J connectivity index is 1.68. The number of halogens is 1. The van der Waals surface area contributed by atoms with Crippen LogP contribution in [0.1, 0.15) is 31.5 Å². The van der Waals surface area contributed by atoms with Gasteiger partial charge in [0.05, 0.1) is 23.9 Å². The van der Waals surface area contributed by atoms with Crippen LogP contribution in [-0.4, -0.2) is 50.0 Å². The van der Waals surface area contributed by atoms with Gasteiger partial charge in [0.2, 0.25) is 0 Å². The Bertz CT molecular complexity index is 1250. The summed E-state index contributed by atoms with van der Waals surface area (Å²) in [6.45, 7) is 0. The van der Waals surface area contributed by atoms with Crippen molar-refractivity contribution < 1.29 is 24.1 Å². The maximum absolute atomic E-state index is 13.7. The average molecular weight is 464 g/mol. The second kappa shape index (κ2) is 8.66. The zero-order valence-corrected chi connectivity index (χ0v) is 18.6. The van der Waals surface area contributed by atoms with Crippen molar-refractivity contribution in [1.29, 1.82) is 0 Å². The second-order valence-electron chi connectivity index (χ2n) is 8.68. The summed E-state index contributed by atoms with van der Waals surface area (Å²) < 4.78 is 20.9. The molecular weight excluding hydrogens is 439 g/mol. The third kappa shape index (κ3) is 4.32. The van der Waals surface area contributed by atoms with E-state index in [4.69, 9.17) is 9.72 Å². The number of aliphatic hydroxyl groups excluding tert-OH is 1. The number of imidazole rings is 1. The van der Waals surface area contributed by atoms with Crippen LogP contribution < -0.4 is 5.32 Å². The van der Waals surface area contributed by atoms with Gasteiger partial charge in [-0.1, -0.05) is 0 Å². The van der Waals surface area contributed by atoms with Gasteiger partial charge in [0, 0.05) is 37.0 Å². The van der Waals surface area contributed by atoms with Crippen LogP contribution in [0.4, 0.5) is 10.2 Å². The van der Waals surface area contributed by atoms with Crippen molar-refractivity contribution in [2.45, 2.75) is 43.5 Å². The highest BCUT2D eigenvalue weighted by atomic mass is 19.1. The molecule has 0 radical (unpaired) electrons. The SMILES string of the molecule is CNc1cc(-c2nc(C3(O)CC3)n(/C=C/[C@@H]3C[C@@H](O)CC(=O)O3)c2-c2ccc(F)cc2)ccn1. The summed E-state index contributed by atoms with van der Waals surface area (Å²) in [5.74, 6) is 0.277. The fourth-order valence-corrected chi connectivity index (χ4v) is 4.16. The molecule has 3 aromatic rings. The van der Waals surface area contributed by atoms with Crippen molar-refractivity contribution in [3.8, 4) is 22.5 Å². The molecule has 1 aromatic carbocycles. The van der Waals surface area contributed by atoms with Crippen molar-refractivity contribution >= 4 is 18.0 Å². The van der Waals surface area contributed by atoms with Crippen LogP contribution in [0, 0.1) is 5.82 Å². The number of ether oxygens (including phenoxy) is 1. The molecule has 1 aliphatic carbocycles. The highest BCUT2D eigenvalue weighted by Gasteiger charge is 2.47. The lowest BCUT2D eigenvalue weighted by Gasteiger charge is -2.23. The van der Waals surface area contributed by atoms with Crippen LogP contribution in [0.5, 0.6) is 0 Å². The summed E-state index contributed by atoms with van der Waals surface area (Å²) in [5, 5.41) is 24.0. The number of nitrogens with one attached hydrogen (secondary N) is 1. The molecular formula is C25H25FN4O4. The lowest BCUT2D eigenvalue weighted by Crippen LogP contribution is -2.31. The molecule has 176 valence electrons. The Kier molecular flexibility index (Phi) is 5.66. The molecule has 9 heteroatoms. The van der Waals surface area contributed by atoms with Crippen molar-refractivity contribution in [3.05, 3.63) is 60.3 Å². The van der Waals surface area contributed by atoms with Gasteiger partial charge in [-0.3, -0.25) is 4.79 Å². The topological polar surface area (TPSA) is 110 Å². The fourth-order valence-electron chi connectivity index (χ4n) is 4.16. The Morgan fingerprint density at radius 1 is 1.24 bits per heavy atom. The van der Waals surface area contributed by atoms with E-state index in [0.29, 0.717) is 41.4 Å². The van der Waals surface area contributed by atoms with Gasteiger partial charge in [0.1, 0.15) is 29.2 Å². The van der Waals surface area contributed by atoms with Gasteiger partial charge < -0.3 is 24.8 Å². The second-order valence-corrected chi connectivity index (χ2v) is 8.68. The minimum atomic E-state index is -1.08. The molecule has 1 saturated heterocycles. The summed E-state index contributed by atoms with van der Waals surface area (Å²) >= 11 is 0. The minimum Gasteiger partial charge on any atom is -0.458 e. The number of hydrogen-bond donors (Lipinski definition) is 3. The van der Waals surface area contributed by atoms with Gasteiger partial charge in [0.25, 0.3) is 0 Å². The van der Waals surface area contributed by atoms with Gasteiger partial charge in [0.15, 0.2) is 0 Å². The van der Waals surface area contributed by atoms with E-state index in [0.717, 1.165) is 5.56 Å². The number of anilines is 1. The van der Waals surface area contributed by atoms with Crippen LogP contribution in [0.15, 0.2) is 48.7 Å². The monoisotopic (exact) mass is 464 g/mol. The number of carbonyl (C=O) groups excluding carboxylic acids is 1. The molecule has 2 fully saturated rings. The molecule has 3 N–H and O–H groups in total. The number of nitrogens with zero attached hydrogens (tertiary/aromatic N) is 3. The predicted molar refractivity (Wildman–Crippen MR) is 124 cm³/mol. The molecule has 0 amide bonds. The van der Waals surface area contributed by atoms with E-state index in [1.54, 1.807) is 42.2 Å². The Labute approximate surface area is 195 Å². The molecule has 0 bridgehead atoms. The summed E-state index contributed by atoms with van der Waals surface area (Å²) in [4.78, 5) is 20.9. The van der Waals surface area contributed by atoms with Crippen LogP contribution in [0.2, 0.25) is 0 Å². The zero-order chi connectivity index (χ0) is 23.9. The lowest BCUT2D eigenvalue weighted by molar-refractivity contribution is -0.156. The van der Waals surface area contributed by atoms with E-state index in [2.05, 4.69) is 10.3 Å². The molecule has 2 aromatic heterocycles. The van der Waals surface area contributed by atoms with E-state index in [1.165, 1.54) is 12.1 Å². The smallest absolute Gasteiger partial charge is 0.309 e. The summed E-state index contributed by atoms with van der Waals surface area (Å²) in [5.41, 5.74) is 1.65. The fraction of sp³-hybridized carbons (Fsp3) is 0.320. The number of esters is 1. The first kappa shape index (κ1) is 22.2. The quantitative estimate of drug-likeness (QED) is 0.480. The van der Waals surface area contributed by atoms with Crippen molar-refractivity contribution in [2.75, 3.05) is 12.4 Å². The third-order valence-corrected chi connectivity index (χ3v) is 6.10. The summed E-state index contributed by atoms with van der Waals surface area (Å²) in [7, 11) is 1.77. The first-order chi connectivity index (χ1) is 16.4. The number of aromatic nitrogens is 3. The van der Waals surface area contributed by atoms with Gasteiger partial charge >= 0.3 is 5.97 Å². The Hall–Kier alpha value is -3.56. The van der Waals surface area contributed by atoms with Gasteiger partial charge in [-0.05, 0) is 55.3 Å². The number of cyclic esters (lactones) is 1. The Morgan fingerprint density at radius 2 is 2.00 bits per heavy atom. The molecule has 34 heavy (non-hydrogen) atoms. The molecule has 2 aliphatic rings. The van der Waals surface area contributed by atoms with Gasteiger partial charge in [-0.2, -0.15) is 0 Å². The van der Waals surface area contributed by atoms with Gasteiger partial charge in [-0.15, -0.1) is 0 Å². The number of aliphatic hydroxyl groups is 2.